The molecule has 0 aromatic carbocycles. The van der Waals surface area contributed by atoms with Crippen molar-refractivity contribution >= 4 is 11.3 Å². The highest BCUT2D eigenvalue weighted by Gasteiger charge is 2.48. The van der Waals surface area contributed by atoms with Gasteiger partial charge in [-0.15, -0.1) is 21.5 Å². The molecule has 5 rings (SSSR count). The van der Waals surface area contributed by atoms with Gasteiger partial charge in [-0.05, 0) is 61.7 Å². The van der Waals surface area contributed by atoms with Crippen molar-refractivity contribution in [2.24, 2.45) is 35.3 Å². The first-order chi connectivity index (χ1) is 8.81. The van der Waals surface area contributed by atoms with E-state index in [1.807, 2.05) is 0 Å². The zero-order valence-corrected chi connectivity index (χ0v) is 11.5. The molecule has 4 aliphatic carbocycles. The number of hydrogen-bond donors (Lipinski definition) is 1. The lowest BCUT2D eigenvalue weighted by atomic mass is 9.51. The van der Waals surface area contributed by atoms with Gasteiger partial charge < -0.3 is 5.73 Å². The van der Waals surface area contributed by atoms with Crippen LogP contribution in [0.25, 0.3) is 0 Å². The van der Waals surface area contributed by atoms with Crippen LogP contribution >= 0.6 is 11.3 Å². The SMILES string of the molecule is NCc1nnc(CC2C3CC4CC(C3)CC2C4)s1. The summed E-state index contributed by atoms with van der Waals surface area (Å²) in [6.07, 6.45) is 8.71. The van der Waals surface area contributed by atoms with Crippen molar-refractivity contribution in [3.05, 3.63) is 10.0 Å². The van der Waals surface area contributed by atoms with Gasteiger partial charge in [-0.1, -0.05) is 0 Å². The van der Waals surface area contributed by atoms with Gasteiger partial charge in [0, 0.05) is 13.0 Å². The average molecular weight is 263 g/mol. The summed E-state index contributed by atoms with van der Waals surface area (Å²) in [5.74, 6) is 5.02. The van der Waals surface area contributed by atoms with Crippen LogP contribution in [0.15, 0.2) is 0 Å². The van der Waals surface area contributed by atoms with E-state index in [0.717, 1.165) is 34.6 Å². The summed E-state index contributed by atoms with van der Waals surface area (Å²) in [6.45, 7) is 0.541. The fraction of sp³-hybridized carbons (Fsp3) is 0.857. The molecule has 2 N–H and O–H groups in total. The molecule has 4 bridgehead atoms. The third kappa shape index (κ3) is 1.81. The minimum atomic E-state index is 0.541. The number of aromatic nitrogens is 2. The molecule has 1 aromatic heterocycles. The van der Waals surface area contributed by atoms with Crippen LogP contribution < -0.4 is 5.73 Å². The number of nitrogens with zero attached hydrogens (tertiary/aromatic N) is 2. The Labute approximate surface area is 112 Å². The quantitative estimate of drug-likeness (QED) is 0.912. The van der Waals surface area contributed by atoms with Crippen molar-refractivity contribution < 1.29 is 0 Å². The maximum absolute atomic E-state index is 5.62. The summed E-state index contributed by atoms with van der Waals surface area (Å²) in [4.78, 5) is 0. The van der Waals surface area contributed by atoms with Crippen molar-refractivity contribution in [3.63, 3.8) is 0 Å². The van der Waals surface area contributed by atoms with Crippen molar-refractivity contribution in [2.45, 2.75) is 45.1 Å². The first-order valence-corrected chi connectivity index (χ1v) is 8.14. The second-order valence-corrected chi connectivity index (χ2v) is 7.74. The second kappa shape index (κ2) is 4.27. The van der Waals surface area contributed by atoms with Crippen LogP contribution in [0.5, 0.6) is 0 Å². The van der Waals surface area contributed by atoms with Crippen LogP contribution in [0.2, 0.25) is 0 Å². The maximum atomic E-state index is 5.62. The summed E-state index contributed by atoms with van der Waals surface area (Å²) < 4.78 is 0. The van der Waals surface area contributed by atoms with Gasteiger partial charge in [-0.2, -0.15) is 0 Å². The van der Waals surface area contributed by atoms with E-state index in [9.17, 15) is 0 Å². The van der Waals surface area contributed by atoms with Gasteiger partial charge in [0.05, 0.1) is 0 Å². The molecule has 4 heteroatoms. The zero-order chi connectivity index (χ0) is 12.1. The molecule has 0 aliphatic heterocycles. The molecule has 0 unspecified atom stereocenters. The van der Waals surface area contributed by atoms with Crippen LogP contribution in [0.1, 0.15) is 42.1 Å². The van der Waals surface area contributed by atoms with E-state index < -0.39 is 0 Å². The van der Waals surface area contributed by atoms with Gasteiger partial charge >= 0.3 is 0 Å². The first-order valence-electron chi connectivity index (χ1n) is 7.33. The van der Waals surface area contributed by atoms with Crippen LogP contribution in [-0.4, -0.2) is 10.2 Å². The van der Waals surface area contributed by atoms with E-state index in [1.165, 1.54) is 43.5 Å². The van der Waals surface area contributed by atoms with Crippen LogP contribution in [0.4, 0.5) is 0 Å². The van der Waals surface area contributed by atoms with Crippen molar-refractivity contribution in [1.82, 2.24) is 10.2 Å². The minimum Gasteiger partial charge on any atom is -0.324 e. The van der Waals surface area contributed by atoms with E-state index in [1.54, 1.807) is 11.3 Å². The Morgan fingerprint density at radius 3 is 2.11 bits per heavy atom. The Kier molecular flexibility index (Phi) is 2.69. The number of nitrogens with two attached hydrogens (primary N) is 1. The number of rotatable bonds is 3. The van der Waals surface area contributed by atoms with E-state index in [0.29, 0.717) is 6.54 Å². The Bertz CT molecular complexity index is 414. The highest BCUT2D eigenvalue weighted by atomic mass is 32.1. The summed E-state index contributed by atoms with van der Waals surface area (Å²) >= 11 is 1.73. The van der Waals surface area contributed by atoms with Crippen molar-refractivity contribution in [1.29, 1.82) is 0 Å². The molecule has 0 spiro atoms. The summed E-state index contributed by atoms with van der Waals surface area (Å²) in [5.41, 5.74) is 5.62. The van der Waals surface area contributed by atoms with Gasteiger partial charge in [0.25, 0.3) is 0 Å². The van der Waals surface area contributed by atoms with Gasteiger partial charge in [-0.25, -0.2) is 0 Å². The Morgan fingerprint density at radius 1 is 0.944 bits per heavy atom. The molecular formula is C14H21N3S. The molecule has 4 saturated carbocycles. The van der Waals surface area contributed by atoms with E-state index in [-0.39, 0.29) is 0 Å². The molecule has 3 nitrogen and oxygen atoms in total. The Hall–Kier alpha value is -0.480. The largest absolute Gasteiger partial charge is 0.324 e. The lowest BCUT2D eigenvalue weighted by molar-refractivity contribution is -0.0360. The lowest BCUT2D eigenvalue weighted by Gasteiger charge is -2.54. The molecule has 98 valence electrons. The average Bonchev–Trinajstić information content (AvgIpc) is 2.80. The van der Waals surface area contributed by atoms with E-state index in [2.05, 4.69) is 10.2 Å². The number of hydrogen-bond acceptors (Lipinski definition) is 4. The fourth-order valence-electron chi connectivity index (χ4n) is 5.03. The summed E-state index contributed by atoms with van der Waals surface area (Å²) in [6, 6.07) is 0. The third-order valence-corrected chi connectivity index (χ3v) is 6.48. The van der Waals surface area contributed by atoms with Crippen molar-refractivity contribution in [3.8, 4) is 0 Å². The van der Waals surface area contributed by atoms with E-state index >= 15 is 0 Å². The molecule has 18 heavy (non-hydrogen) atoms. The van der Waals surface area contributed by atoms with E-state index in [4.69, 9.17) is 5.73 Å². The van der Waals surface area contributed by atoms with Gasteiger partial charge in [-0.3, -0.25) is 0 Å². The van der Waals surface area contributed by atoms with Crippen LogP contribution in [-0.2, 0) is 13.0 Å². The molecule has 1 aromatic rings. The summed E-state index contributed by atoms with van der Waals surface area (Å²) in [5, 5.41) is 10.7. The molecule has 4 aliphatic rings. The zero-order valence-electron chi connectivity index (χ0n) is 10.7. The van der Waals surface area contributed by atoms with Gasteiger partial charge in [0.2, 0.25) is 0 Å². The second-order valence-electron chi connectivity index (χ2n) is 6.59. The monoisotopic (exact) mass is 263 g/mol. The fourth-order valence-corrected chi connectivity index (χ4v) is 5.82. The topological polar surface area (TPSA) is 51.8 Å². The molecular weight excluding hydrogens is 242 g/mol. The van der Waals surface area contributed by atoms with Crippen LogP contribution in [0, 0.1) is 29.6 Å². The third-order valence-electron chi connectivity index (χ3n) is 5.52. The smallest absolute Gasteiger partial charge is 0.131 e. The normalized spacial score (nSPS) is 41.5. The van der Waals surface area contributed by atoms with Crippen molar-refractivity contribution in [2.75, 3.05) is 0 Å². The Balaban J connectivity index is 1.51. The molecule has 0 saturated heterocycles. The Morgan fingerprint density at radius 2 is 1.56 bits per heavy atom. The molecule has 0 atom stereocenters. The highest BCUT2D eigenvalue weighted by molar-refractivity contribution is 7.11. The highest BCUT2D eigenvalue weighted by Crippen LogP contribution is 2.57. The summed E-state index contributed by atoms with van der Waals surface area (Å²) in [7, 11) is 0. The lowest BCUT2D eigenvalue weighted by Crippen LogP contribution is -2.45. The van der Waals surface area contributed by atoms with Gasteiger partial charge in [0.1, 0.15) is 10.0 Å². The first kappa shape index (κ1) is 11.4. The standard InChI is InChI=1S/C14H21N3S/c15-7-14-17-16-13(18-14)6-12-10-2-8-1-9(4-10)5-11(12)3-8/h8-12H,1-7,15H2. The minimum absolute atomic E-state index is 0.541. The molecule has 1 heterocycles. The predicted octanol–water partition coefficient (Wildman–Crippen LogP) is 2.61. The van der Waals surface area contributed by atoms with Gasteiger partial charge in [0.15, 0.2) is 0 Å². The molecule has 4 fully saturated rings. The molecule has 0 amide bonds. The van der Waals surface area contributed by atoms with Crippen LogP contribution in [0.3, 0.4) is 0 Å². The molecule has 0 radical (unpaired) electrons. The maximum Gasteiger partial charge on any atom is 0.131 e. The predicted molar refractivity (Wildman–Crippen MR) is 72.0 cm³/mol.